The van der Waals surface area contributed by atoms with Crippen LogP contribution in [0, 0.1) is 97.6 Å². The average Bonchev–Trinajstić information content (AvgIpc) is 0.819. The predicted molar refractivity (Wildman–Crippen MR) is 528 cm³/mol. The standard InChI is InChI=1S/C17H24O5.C13H24O6.C12H22O5.2C10H20O4.3C10H18O.C7H7ClO2S.C5H7N3O3.K/c1-16(2,3)14-9-11-17(21-19,12-10-14)22-20-15(18)13-7-5-4-6-8-13;1-5-16-11(14)17-19-13(18-15)8-6-10(7-9-13)12(2,3)4;1-9(13)15-17-12(16-14)7-5-10(6-8-12)11(2,3)4;2*1-9(2,3)8-4-6-10(13-11,14-12)7-5-8;3*1-10(2,3)8-4-6-9(11)7-5-8;1-6-2-4-7(5-3-6)11(8,9)10;1-10-4-6-3(9)7-5(8-4)11-2;/h4-8,14,19H,9-12H2,1-3H3;10,15H,5-9H2,1-4H3;10,14H,5-8H2,1-4H3;2*8,11-12H,4-7H2,1-3H3;3*8H,4-7H2,1-3H3;2-5H,1H3;1-2H3,(H,6,7,8,9);/q;;;;;;;;;;+1/p-1. The van der Waals surface area contributed by atoms with Crippen molar-refractivity contribution in [1.82, 2.24) is 15.0 Å². The molecule has 142 heavy (non-hydrogen) atoms. The fraction of sp³-hybridized carbons (Fsp3) is 0.798. The molecular formula is C104H177ClKN3O32S. The van der Waals surface area contributed by atoms with Crippen LogP contribution in [-0.4, -0.2) is 145 Å². The van der Waals surface area contributed by atoms with Crippen LogP contribution in [0.4, 0.5) is 4.79 Å². The maximum Gasteiger partial charge on any atom is 1.00 e. The van der Waals surface area contributed by atoms with Crippen LogP contribution >= 0.6 is 10.7 Å². The van der Waals surface area contributed by atoms with Crippen molar-refractivity contribution in [1.29, 1.82) is 0 Å². The van der Waals surface area contributed by atoms with Gasteiger partial charge in [0.25, 0.3) is 9.05 Å². The van der Waals surface area contributed by atoms with Crippen LogP contribution in [0.15, 0.2) is 59.5 Å². The minimum absolute atomic E-state index is 0. The molecule has 8 saturated carbocycles. The summed E-state index contributed by atoms with van der Waals surface area (Å²) >= 11 is 0. The van der Waals surface area contributed by atoms with Crippen molar-refractivity contribution in [3.05, 3.63) is 65.7 Å². The molecule has 8 aliphatic rings. The van der Waals surface area contributed by atoms with E-state index in [9.17, 15) is 47.5 Å². The first-order chi connectivity index (χ1) is 65.1. The number of aromatic nitrogens is 3. The van der Waals surface area contributed by atoms with E-state index in [-0.39, 0.29) is 102 Å². The molecule has 814 valence electrons. The zero-order valence-corrected chi connectivity index (χ0v) is 95.8. The number of carbonyl (C=O) groups is 6. The van der Waals surface area contributed by atoms with E-state index in [1.54, 1.807) is 43.3 Å². The predicted octanol–water partition coefficient (Wildman–Crippen LogP) is 22.7. The Balaban J connectivity index is 0.000000796. The Morgan fingerprint density at radius 2 is 0.606 bits per heavy atom. The summed E-state index contributed by atoms with van der Waals surface area (Å²) in [7, 11) is 4.25. The van der Waals surface area contributed by atoms with Gasteiger partial charge in [-0.1, -0.05) is 202 Å². The third-order valence-corrected chi connectivity index (χ3v) is 30.1. The van der Waals surface area contributed by atoms with Crippen molar-refractivity contribution in [3.63, 3.8) is 0 Å². The van der Waals surface area contributed by atoms with Gasteiger partial charge in [0, 0.05) is 120 Å². The number of halogens is 1. The molecule has 0 aliphatic heterocycles. The summed E-state index contributed by atoms with van der Waals surface area (Å²) in [5.74, 6) is -0.798. The van der Waals surface area contributed by atoms with Gasteiger partial charge in [0.05, 0.1) is 37.3 Å². The monoisotopic (exact) mass is 2090 g/mol. The Labute approximate surface area is 892 Å². The Bertz CT molecular complexity index is 4010. The van der Waals surface area contributed by atoms with Gasteiger partial charge in [0.15, 0.2) is 0 Å². The van der Waals surface area contributed by atoms with E-state index in [0.29, 0.717) is 133 Å². The van der Waals surface area contributed by atoms with Gasteiger partial charge >= 0.3 is 81.5 Å². The van der Waals surface area contributed by atoms with E-state index in [1.165, 1.54) is 33.3 Å². The van der Waals surface area contributed by atoms with E-state index >= 15 is 0 Å². The number of hydrogen-bond acceptors (Lipinski definition) is 35. The number of rotatable bonds is 18. The molecule has 0 spiro atoms. The normalized spacial score (nSPS) is 22.8. The first-order valence-electron chi connectivity index (χ1n) is 49.8. The molecule has 35 nitrogen and oxygen atoms in total. The van der Waals surface area contributed by atoms with Crippen LogP contribution in [0.2, 0.25) is 0 Å². The average molecular weight is 2090 g/mol. The molecule has 8 fully saturated rings. The second kappa shape index (κ2) is 62.2. The minimum Gasteiger partial charge on any atom is -0.844 e. The summed E-state index contributed by atoms with van der Waals surface area (Å²) in [6, 6.07) is 14.2. The fourth-order valence-electron chi connectivity index (χ4n) is 18.3. The van der Waals surface area contributed by atoms with E-state index < -0.39 is 62.1 Å². The van der Waals surface area contributed by atoms with Gasteiger partial charge in [-0.2, -0.15) is 24.6 Å². The van der Waals surface area contributed by atoms with Gasteiger partial charge in [0.1, 0.15) is 17.3 Å². The van der Waals surface area contributed by atoms with Crippen LogP contribution in [0.1, 0.15) is 401 Å². The molecule has 1 heterocycles. The Morgan fingerprint density at radius 3 is 0.824 bits per heavy atom. The maximum atomic E-state index is 11.9. The first-order valence-corrected chi connectivity index (χ1v) is 52.1. The molecule has 0 bridgehead atoms. The minimum atomic E-state index is -3.55. The van der Waals surface area contributed by atoms with Gasteiger partial charge in [-0.05, 0) is 232 Å². The third kappa shape index (κ3) is 50.7. The number of ether oxygens (including phenoxy) is 3. The molecule has 0 saturated heterocycles. The molecule has 0 unspecified atom stereocenters. The van der Waals surface area contributed by atoms with Gasteiger partial charge in [0.2, 0.25) is 28.9 Å². The summed E-state index contributed by atoms with van der Waals surface area (Å²) in [5, 5.41) is 72.3. The first kappa shape index (κ1) is 135. The van der Waals surface area contributed by atoms with Gasteiger partial charge < -0.3 is 19.3 Å². The maximum absolute atomic E-state index is 11.9. The molecule has 0 atom stereocenters. The molecule has 0 radical (unpaired) electrons. The molecule has 0 amide bonds. The number of benzene rings is 2. The number of carbonyl (C=O) groups excluding carboxylic acids is 6. The Hall–Kier alpha value is -4.73. The van der Waals surface area contributed by atoms with Crippen molar-refractivity contribution in [2.45, 2.75) is 426 Å². The van der Waals surface area contributed by atoms with Crippen molar-refractivity contribution in [3.8, 4) is 18.0 Å². The van der Waals surface area contributed by atoms with Crippen molar-refractivity contribution in [2.75, 3.05) is 20.8 Å². The van der Waals surface area contributed by atoms with E-state index in [4.69, 9.17) is 61.8 Å². The second-order valence-electron chi connectivity index (χ2n) is 47.1. The quantitative estimate of drug-likeness (QED) is 0.0155. The Morgan fingerprint density at radius 1 is 0.373 bits per heavy atom. The van der Waals surface area contributed by atoms with E-state index in [2.05, 4.69) is 239 Å². The number of methoxy groups -OCH3 is 2. The van der Waals surface area contributed by atoms with Crippen molar-refractivity contribution in [2.24, 2.45) is 90.7 Å². The number of hydrogen-bond donors (Lipinski definition) is 7. The molecule has 38 heteroatoms. The van der Waals surface area contributed by atoms with Crippen LogP contribution < -0.4 is 66.0 Å². The van der Waals surface area contributed by atoms with Crippen LogP contribution in [0.25, 0.3) is 0 Å². The summed E-state index contributed by atoms with van der Waals surface area (Å²) in [4.78, 5) is 136. The van der Waals surface area contributed by atoms with Crippen LogP contribution in [0.3, 0.4) is 0 Å². The van der Waals surface area contributed by atoms with Gasteiger partial charge in [-0.25, -0.2) is 79.2 Å². The zero-order valence-electron chi connectivity index (χ0n) is 91.1. The van der Waals surface area contributed by atoms with Crippen molar-refractivity contribution < 1.29 is 208 Å². The zero-order chi connectivity index (χ0) is 108. The molecule has 11 rings (SSSR count). The third-order valence-electron chi connectivity index (χ3n) is 28.7. The van der Waals surface area contributed by atoms with E-state index in [1.807, 2.05) is 13.0 Å². The molecule has 2 aromatic carbocycles. The molecule has 8 aliphatic carbocycles. The summed E-state index contributed by atoms with van der Waals surface area (Å²) in [6.07, 6.45) is 24.4. The number of aryl methyl sites for hydroxylation is 1. The summed E-state index contributed by atoms with van der Waals surface area (Å²) in [6.45, 7) is 58.3. The van der Waals surface area contributed by atoms with Crippen LogP contribution in [-0.2, 0) is 96.5 Å². The number of Topliss-reactive ketones (excluding diaryl/α,β-unsaturated/α-hetero) is 3. The van der Waals surface area contributed by atoms with Gasteiger partial charge in [-0.3, -0.25) is 29.0 Å². The molecule has 7 N–H and O–H groups in total. The second-order valence-corrected chi connectivity index (χ2v) is 49.7. The van der Waals surface area contributed by atoms with Crippen molar-refractivity contribution >= 4 is 55.2 Å². The van der Waals surface area contributed by atoms with Crippen LogP contribution in [0.5, 0.6) is 18.0 Å². The summed E-state index contributed by atoms with van der Waals surface area (Å²) in [5.41, 5.74) is 3.75. The van der Waals surface area contributed by atoms with Gasteiger partial charge in [-0.15, -0.1) is 19.6 Å². The largest absolute Gasteiger partial charge is 1.00 e. The topological polar surface area (TPSA) is 488 Å². The smallest absolute Gasteiger partial charge is 0.844 e. The fourth-order valence-corrected chi connectivity index (χ4v) is 19.1. The SMILES string of the molecule is CC(=O)OOC1(OO)CCC(C(C)(C)C)CC1.CC(C)(C)C1CCC(=O)CC1.CC(C)(C)C1CCC(=O)CC1.CC(C)(C)C1CCC(=O)CC1.CC(C)(C)C1CCC(OO)(OO)CC1.CC(C)(C)C1CCC(OO)(OO)CC1.CC(C)(C)C1CCC(OO)(OOC(=O)c2ccccc2)CC1.CCOC(=O)OOC1(OO)CCC(C(C)(C)C)CC1.COc1nc([O-])nc(OC)n1.Cc1ccc(S(=O)(=O)Cl)cc1.[K+]. The molecular weight excluding hydrogens is 1910 g/mol. The van der Waals surface area contributed by atoms with E-state index in [0.717, 1.165) is 165 Å². The molecule has 1 aromatic heterocycles. The molecule has 3 aromatic rings. The number of nitrogens with zero attached hydrogens (tertiary/aromatic N) is 3. The summed E-state index contributed by atoms with van der Waals surface area (Å²) < 4.78 is 35.2. The Kier molecular flexibility index (Phi) is 59.2. The number of ketones is 3.